The van der Waals surface area contributed by atoms with Gasteiger partial charge in [0.15, 0.2) is 0 Å². The Hall–Kier alpha value is -0.160. The maximum absolute atomic E-state index is 9.18. The zero-order chi connectivity index (χ0) is 13.0. The average molecular weight is 256 g/mol. The second-order valence-electron chi connectivity index (χ2n) is 6.25. The summed E-state index contributed by atoms with van der Waals surface area (Å²) in [6, 6.07) is 1.24. The Morgan fingerprint density at radius 3 is 2.72 bits per heavy atom. The highest BCUT2D eigenvalue weighted by Gasteiger charge is 2.38. The molecule has 1 unspecified atom stereocenters. The molecule has 1 atom stereocenters. The van der Waals surface area contributed by atoms with E-state index in [1.54, 1.807) is 0 Å². The maximum atomic E-state index is 9.18. The van der Waals surface area contributed by atoms with Gasteiger partial charge >= 0.3 is 0 Å². The second kappa shape index (κ2) is 6.33. The lowest BCUT2D eigenvalue weighted by Crippen LogP contribution is -2.48. The minimum Gasteiger partial charge on any atom is -0.395 e. The van der Waals surface area contributed by atoms with Gasteiger partial charge in [-0.05, 0) is 33.1 Å². The van der Waals surface area contributed by atoms with Crippen molar-refractivity contribution in [2.75, 3.05) is 39.5 Å². The van der Waals surface area contributed by atoms with E-state index in [0.29, 0.717) is 6.04 Å². The first-order valence-electron chi connectivity index (χ1n) is 7.31. The molecular weight excluding hydrogens is 228 g/mol. The lowest BCUT2D eigenvalue weighted by molar-refractivity contribution is 0.0799. The van der Waals surface area contributed by atoms with E-state index in [-0.39, 0.29) is 12.0 Å². The zero-order valence-electron chi connectivity index (χ0n) is 11.8. The SMILES string of the molecule is CC(C)N(CCO)CC1(CNC2CC2)CCOC1. The highest BCUT2D eigenvalue weighted by molar-refractivity contribution is 4.92. The van der Waals surface area contributed by atoms with Crippen LogP contribution in [-0.2, 0) is 4.74 Å². The Balaban J connectivity index is 1.89. The van der Waals surface area contributed by atoms with Crippen molar-refractivity contribution in [2.24, 2.45) is 5.41 Å². The highest BCUT2D eigenvalue weighted by Crippen LogP contribution is 2.31. The first-order valence-corrected chi connectivity index (χ1v) is 7.31. The molecule has 18 heavy (non-hydrogen) atoms. The Kier molecular flexibility index (Phi) is 5.01. The average Bonchev–Trinajstić information content (AvgIpc) is 3.06. The predicted octanol–water partition coefficient (Wildman–Crippen LogP) is 0.848. The predicted molar refractivity (Wildman–Crippen MR) is 72.7 cm³/mol. The van der Waals surface area contributed by atoms with Crippen molar-refractivity contribution in [3.8, 4) is 0 Å². The van der Waals surface area contributed by atoms with E-state index >= 15 is 0 Å². The molecule has 0 radical (unpaired) electrons. The molecule has 0 bridgehead atoms. The van der Waals surface area contributed by atoms with Crippen LogP contribution in [0.5, 0.6) is 0 Å². The Bertz CT molecular complexity index is 248. The molecule has 0 aromatic heterocycles. The van der Waals surface area contributed by atoms with Gasteiger partial charge in [0.1, 0.15) is 0 Å². The largest absolute Gasteiger partial charge is 0.395 e. The lowest BCUT2D eigenvalue weighted by atomic mass is 9.86. The molecule has 0 aromatic rings. The van der Waals surface area contributed by atoms with E-state index in [1.807, 2.05) is 0 Å². The van der Waals surface area contributed by atoms with Crippen molar-refractivity contribution in [1.29, 1.82) is 0 Å². The van der Waals surface area contributed by atoms with E-state index in [2.05, 4.69) is 24.1 Å². The van der Waals surface area contributed by atoms with Crippen LogP contribution in [-0.4, -0.2) is 61.5 Å². The van der Waals surface area contributed by atoms with E-state index in [0.717, 1.165) is 45.3 Å². The number of nitrogens with zero attached hydrogens (tertiary/aromatic N) is 1. The minimum absolute atomic E-state index is 0.241. The van der Waals surface area contributed by atoms with Crippen LogP contribution in [0.2, 0.25) is 0 Å². The monoisotopic (exact) mass is 256 g/mol. The summed E-state index contributed by atoms with van der Waals surface area (Å²) in [7, 11) is 0. The van der Waals surface area contributed by atoms with E-state index < -0.39 is 0 Å². The van der Waals surface area contributed by atoms with E-state index in [4.69, 9.17) is 4.74 Å². The van der Waals surface area contributed by atoms with Crippen LogP contribution in [0.1, 0.15) is 33.1 Å². The third-order valence-corrected chi connectivity index (χ3v) is 4.18. The molecule has 4 nitrogen and oxygen atoms in total. The van der Waals surface area contributed by atoms with Crippen LogP contribution >= 0.6 is 0 Å². The molecule has 1 aliphatic heterocycles. The molecule has 2 rings (SSSR count). The van der Waals surface area contributed by atoms with Gasteiger partial charge < -0.3 is 15.2 Å². The third kappa shape index (κ3) is 3.92. The quantitative estimate of drug-likeness (QED) is 0.676. The summed E-state index contributed by atoms with van der Waals surface area (Å²) in [4.78, 5) is 2.38. The summed E-state index contributed by atoms with van der Waals surface area (Å²) in [6.45, 7) is 9.25. The minimum atomic E-state index is 0.241. The molecule has 2 N–H and O–H groups in total. The summed E-state index contributed by atoms with van der Waals surface area (Å²) >= 11 is 0. The van der Waals surface area contributed by atoms with Gasteiger partial charge in [-0.1, -0.05) is 0 Å². The van der Waals surface area contributed by atoms with Gasteiger partial charge in [0.05, 0.1) is 13.2 Å². The van der Waals surface area contributed by atoms with Crippen molar-refractivity contribution in [3.05, 3.63) is 0 Å². The molecule has 1 aliphatic carbocycles. The van der Waals surface area contributed by atoms with Crippen molar-refractivity contribution in [2.45, 2.75) is 45.2 Å². The summed E-state index contributed by atoms with van der Waals surface area (Å²) < 4.78 is 5.64. The lowest BCUT2D eigenvalue weighted by Gasteiger charge is -2.36. The van der Waals surface area contributed by atoms with Crippen molar-refractivity contribution >= 4 is 0 Å². The Morgan fingerprint density at radius 1 is 1.44 bits per heavy atom. The third-order valence-electron chi connectivity index (χ3n) is 4.18. The number of aliphatic hydroxyl groups is 1. The molecule has 1 heterocycles. The number of hydrogen-bond acceptors (Lipinski definition) is 4. The molecule has 0 spiro atoms. The zero-order valence-corrected chi connectivity index (χ0v) is 11.8. The van der Waals surface area contributed by atoms with Crippen LogP contribution in [0.25, 0.3) is 0 Å². The number of rotatable bonds is 8. The second-order valence-corrected chi connectivity index (χ2v) is 6.25. The fourth-order valence-electron chi connectivity index (χ4n) is 2.70. The maximum Gasteiger partial charge on any atom is 0.0558 e. The van der Waals surface area contributed by atoms with Gasteiger partial charge in [0.2, 0.25) is 0 Å². The summed E-state index contributed by atoms with van der Waals surface area (Å²) in [5.41, 5.74) is 0.252. The molecule has 2 aliphatic rings. The molecule has 0 amide bonds. The number of ether oxygens (including phenoxy) is 1. The van der Waals surface area contributed by atoms with Crippen LogP contribution in [0.3, 0.4) is 0 Å². The molecule has 2 fully saturated rings. The summed E-state index contributed by atoms with van der Waals surface area (Å²) in [5, 5.41) is 12.8. The summed E-state index contributed by atoms with van der Waals surface area (Å²) in [6.07, 6.45) is 3.81. The van der Waals surface area contributed by atoms with Crippen LogP contribution < -0.4 is 5.32 Å². The van der Waals surface area contributed by atoms with Gasteiger partial charge in [0.25, 0.3) is 0 Å². The van der Waals surface area contributed by atoms with Gasteiger partial charge in [-0.3, -0.25) is 4.90 Å². The molecule has 4 heteroatoms. The standard InChI is InChI=1S/C14H28N2O2/c1-12(2)16(6-7-17)10-14(5-8-18-11-14)9-15-13-3-4-13/h12-13,15,17H,3-11H2,1-2H3. The van der Waals surface area contributed by atoms with Gasteiger partial charge in [-0.15, -0.1) is 0 Å². The fraction of sp³-hybridized carbons (Fsp3) is 1.00. The van der Waals surface area contributed by atoms with Crippen LogP contribution in [0, 0.1) is 5.41 Å². The van der Waals surface area contributed by atoms with Gasteiger partial charge in [0, 0.05) is 43.7 Å². The highest BCUT2D eigenvalue weighted by atomic mass is 16.5. The van der Waals surface area contributed by atoms with Crippen molar-refractivity contribution in [3.63, 3.8) is 0 Å². The number of nitrogens with one attached hydrogen (secondary N) is 1. The van der Waals surface area contributed by atoms with Gasteiger partial charge in [-0.2, -0.15) is 0 Å². The Labute approximate surface area is 111 Å². The van der Waals surface area contributed by atoms with Crippen LogP contribution in [0.4, 0.5) is 0 Å². The number of hydrogen-bond donors (Lipinski definition) is 2. The first-order chi connectivity index (χ1) is 8.65. The number of aliphatic hydroxyl groups excluding tert-OH is 1. The molecular formula is C14H28N2O2. The topological polar surface area (TPSA) is 44.7 Å². The molecule has 106 valence electrons. The molecule has 1 saturated carbocycles. The smallest absolute Gasteiger partial charge is 0.0558 e. The van der Waals surface area contributed by atoms with Gasteiger partial charge in [-0.25, -0.2) is 0 Å². The fourth-order valence-corrected chi connectivity index (χ4v) is 2.70. The molecule has 1 saturated heterocycles. The molecule has 0 aromatic carbocycles. The van der Waals surface area contributed by atoms with Crippen molar-refractivity contribution < 1.29 is 9.84 Å². The van der Waals surface area contributed by atoms with Crippen LogP contribution in [0.15, 0.2) is 0 Å². The Morgan fingerprint density at radius 2 is 2.22 bits per heavy atom. The van der Waals surface area contributed by atoms with E-state index in [9.17, 15) is 5.11 Å². The summed E-state index contributed by atoms with van der Waals surface area (Å²) in [5.74, 6) is 0. The first kappa shape index (κ1) is 14.3. The normalized spacial score (nSPS) is 28.5. The van der Waals surface area contributed by atoms with Crippen molar-refractivity contribution in [1.82, 2.24) is 10.2 Å². The van der Waals surface area contributed by atoms with E-state index in [1.165, 1.54) is 12.8 Å².